The van der Waals surface area contributed by atoms with Crippen LogP contribution in [0.2, 0.25) is 0 Å². The summed E-state index contributed by atoms with van der Waals surface area (Å²) in [6.07, 6.45) is 1.86. The molecule has 0 radical (unpaired) electrons. The van der Waals surface area contributed by atoms with E-state index < -0.39 is 0 Å². The number of nitrogens with zero attached hydrogens (tertiary/aromatic N) is 1. The third-order valence-electron chi connectivity index (χ3n) is 3.80. The summed E-state index contributed by atoms with van der Waals surface area (Å²) in [5.41, 5.74) is 2.75. The number of rotatable bonds is 4. The van der Waals surface area contributed by atoms with Gasteiger partial charge >= 0.3 is 0 Å². The lowest BCUT2D eigenvalue weighted by atomic mass is 10.1. The lowest BCUT2D eigenvalue weighted by molar-refractivity contribution is -0.113. The van der Waals surface area contributed by atoms with Gasteiger partial charge in [-0.25, -0.2) is 0 Å². The van der Waals surface area contributed by atoms with Gasteiger partial charge in [0.05, 0.1) is 24.8 Å². The fourth-order valence-electron chi connectivity index (χ4n) is 2.46. The van der Waals surface area contributed by atoms with Crippen LogP contribution in [-0.2, 0) is 4.79 Å². The van der Waals surface area contributed by atoms with E-state index in [-0.39, 0.29) is 5.91 Å². The number of aryl methyl sites for hydroxylation is 1. The molecule has 2 aromatic carbocycles. The van der Waals surface area contributed by atoms with Crippen molar-refractivity contribution in [2.24, 2.45) is 0 Å². The van der Waals surface area contributed by atoms with Gasteiger partial charge in [0.15, 0.2) is 4.32 Å². The molecule has 0 N–H and O–H groups in total. The van der Waals surface area contributed by atoms with Crippen LogP contribution in [0.5, 0.6) is 11.5 Å². The highest BCUT2D eigenvalue weighted by molar-refractivity contribution is 8.27. The van der Waals surface area contributed by atoms with E-state index in [4.69, 9.17) is 21.7 Å². The maximum Gasteiger partial charge on any atom is 0.270 e. The van der Waals surface area contributed by atoms with Crippen LogP contribution in [0.3, 0.4) is 0 Å². The Bertz CT molecular complexity index is 859. The van der Waals surface area contributed by atoms with E-state index in [0.29, 0.717) is 26.4 Å². The molecule has 128 valence electrons. The topological polar surface area (TPSA) is 38.8 Å². The highest BCUT2D eigenvalue weighted by Gasteiger charge is 2.35. The lowest BCUT2D eigenvalue weighted by Gasteiger charge is -2.18. The summed E-state index contributed by atoms with van der Waals surface area (Å²) in [5, 5.41) is 0. The first-order valence-electron chi connectivity index (χ1n) is 7.60. The Hall–Kier alpha value is -2.31. The van der Waals surface area contributed by atoms with E-state index in [1.165, 1.54) is 22.2 Å². The lowest BCUT2D eigenvalue weighted by Crippen LogP contribution is -2.27. The summed E-state index contributed by atoms with van der Waals surface area (Å²) in [7, 11) is 3.14. The van der Waals surface area contributed by atoms with Gasteiger partial charge in [-0.1, -0.05) is 53.8 Å². The maximum atomic E-state index is 12.9. The van der Waals surface area contributed by atoms with Crippen molar-refractivity contribution < 1.29 is 14.3 Å². The molecule has 25 heavy (non-hydrogen) atoms. The minimum absolute atomic E-state index is 0.154. The molecule has 0 bridgehead atoms. The van der Waals surface area contributed by atoms with E-state index in [9.17, 15) is 4.79 Å². The quantitative estimate of drug-likeness (QED) is 0.588. The van der Waals surface area contributed by atoms with Crippen molar-refractivity contribution in [1.29, 1.82) is 0 Å². The highest BCUT2D eigenvalue weighted by atomic mass is 32.2. The number of thioether (sulfide) groups is 1. The molecule has 0 aliphatic carbocycles. The molecule has 4 nitrogen and oxygen atoms in total. The zero-order valence-electron chi connectivity index (χ0n) is 14.1. The van der Waals surface area contributed by atoms with Gasteiger partial charge in [0.2, 0.25) is 0 Å². The number of thiocarbonyl (C=S) groups is 1. The number of amides is 1. The van der Waals surface area contributed by atoms with Crippen molar-refractivity contribution in [3.05, 3.63) is 58.5 Å². The van der Waals surface area contributed by atoms with Crippen LogP contribution in [0.4, 0.5) is 5.69 Å². The molecule has 1 aliphatic rings. The SMILES string of the molecule is COc1ccc(N2C(=O)C(=Cc3ccc(C)cc3)SC2=S)c(OC)c1. The van der Waals surface area contributed by atoms with E-state index in [0.717, 1.165) is 5.56 Å². The monoisotopic (exact) mass is 371 g/mol. The van der Waals surface area contributed by atoms with Crippen molar-refractivity contribution in [3.8, 4) is 11.5 Å². The van der Waals surface area contributed by atoms with Gasteiger partial charge in [-0.2, -0.15) is 0 Å². The van der Waals surface area contributed by atoms with Crippen LogP contribution in [0.1, 0.15) is 11.1 Å². The molecule has 1 fully saturated rings. The second-order valence-electron chi connectivity index (χ2n) is 5.47. The van der Waals surface area contributed by atoms with Gasteiger partial charge in [-0.3, -0.25) is 9.69 Å². The fourth-order valence-corrected chi connectivity index (χ4v) is 3.74. The number of benzene rings is 2. The normalized spacial score (nSPS) is 15.8. The number of hydrogen-bond donors (Lipinski definition) is 0. The van der Waals surface area contributed by atoms with Crippen LogP contribution in [0.25, 0.3) is 6.08 Å². The molecule has 2 aromatic rings. The van der Waals surface area contributed by atoms with E-state index in [1.807, 2.05) is 37.3 Å². The molecule has 1 saturated heterocycles. The molecule has 0 atom stereocenters. The van der Waals surface area contributed by atoms with Crippen LogP contribution in [0, 0.1) is 6.92 Å². The minimum atomic E-state index is -0.154. The Morgan fingerprint density at radius 1 is 1.08 bits per heavy atom. The smallest absolute Gasteiger partial charge is 0.270 e. The molecule has 6 heteroatoms. The summed E-state index contributed by atoms with van der Waals surface area (Å²) in [6, 6.07) is 13.3. The van der Waals surface area contributed by atoms with E-state index in [1.54, 1.807) is 32.4 Å². The molecule has 1 aliphatic heterocycles. The molecular weight excluding hydrogens is 354 g/mol. The number of carbonyl (C=O) groups excluding carboxylic acids is 1. The number of anilines is 1. The van der Waals surface area contributed by atoms with Crippen LogP contribution >= 0.6 is 24.0 Å². The second-order valence-corrected chi connectivity index (χ2v) is 7.14. The number of methoxy groups -OCH3 is 2. The molecule has 0 unspecified atom stereocenters. The average molecular weight is 371 g/mol. The zero-order chi connectivity index (χ0) is 18.0. The van der Waals surface area contributed by atoms with Crippen molar-refractivity contribution in [2.75, 3.05) is 19.1 Å². The highest BCUT2D eigenvalue weighted by Crippen LogP contribution is 2.41. The number of hydrogen-bond acceptors (Lipinski definition) is 5. The van der Waals surface area contributed by atoms with Crippen LogP contribution in [-0.4, -0.2) is 24.4 Å². The van der Waals surface area contributed by atoms with Gasteiger partial charge in [-0.15, -0.1) is 0 Å². The maximum absolute atomic E-state index is 12.9. The Kier molecular flexibility index (Phi) is 5.11. The summed E-state index contributed by atoms with van der Waals surface area (Å²) in [5.74, 6) is 1.03. The van der Waals surface area contributed by atoms with Crippen LogP contribution < -0.4 is 14.4 Å². The molecule has 0 spiro atoms. The standard InChI is InChI=1S/C19H17NO3S2/c1-12-4-6-13(7-5-12)10-17-18(21)20(19(24)25-17)15-9-8-14(22-2)11-16(15)23-3/h4-11H,1-3H3. The predicted molar refractivity (Wildman–Crippen MR) is 106 cm³/mol. The minimum Gasteiger partial charge on any atom is -0.497 e. The average Bonchev–Trinajstić information content (AvgIpc) is 2.90. The van der Waals surface area contributed by atoms with Gasteiger partial charge in [0, 0.05) is 6.07 Å². The molecule has 0 aromatic heterocycles. The third-order valence-corrected chi connectivity index (χ3v) is 5.10. The van der Waals surface area contributed by atoms with Crippen molar-refractivity contribution in [2.45, 2.75) is 6.92 Å². The van der Waals surface area contributed by atoms with Crippen LogP contribution in [0.15, 0.2) is 47.4 Å². The van der Waals surface area contributed by atoms with Crippen molar-refractivity contribution in [3.63, 3.8) is 0 Å². The largest absolute Gasteiger partial charge is 0.497 e. The first-order valence-corrected chi connectivity index (χ1v) is 8.82. The first-order chi connectivity index (χ1) is 12.0. The summed E-state index contributed by atoms with van der Waals surface area (Å²) >= 11 is 6.71. The van der Waals surface area contributed by atoms with E-state index >= 15 is 0 Å². The molecule has 3 rings (SSSR count). The summed E-state index contributed by atoms with van der Waals surface area (Å²) in [4.78, 5) is 15.0. The Morgan fingerprint density at radius 3 is 2.44 bits per heavy atom. The third kappa shape index (κ3) is 3.55. The number of ether oxygens (including phenoxy) is 2. The summed E-state index contributed by atoms with van der Waals surface area (Å²) < 4.78 is 11.1. The summed E-state index contributed by atoms with van der Waals surface area (Å²) in [6.45, 7) is 2.03. The predicted octanol–water partition coefficient (Wildman–Crippen LogP) is 4.42. The molecule has 1 heterocycles. The molecular formula is C19H17NO3S2. The number of carbonyl (C=O) groups is 1. The second kappa shape index (κ2) is 7.29. The Labute approximate surface area is 156 Å². The first kappa shape index (κ1) is 17.5. The Balaban J connectivity index is 1.95. The fraction of sp³-hybridized carbons (Fsp3) is 0.158. The van der Waals surface area contributed by atoms with E-state index in [2.05, 4.69) is 0 Å². The Morgan fingerprint density at radius 2 is 1.80 bits per heavy atom. The zero-order valence-corrected chi connectivity index (χ0v) is 15.7. The van der Waals surface area contributed by atoms with Crippen molar-refractivity contribution in [1.82, 2.24) is 0 Å². The van der Waals surface area contributed by atoms with Gasteiger partial charge < -0.3 is 9.47 Å². The van der Waals surface area contributed by atoms with Gasteiger partial charge in [-0.05, 0) is 30.7 Å². The molecule has 1 amide bonds. The van der Waals surface area contributed by atoms with Gasteiger partial charge in [0.1, 0.15) is 11.5 Å². The molecule has 0 saturated carbocycles. The van der Waals surface area contributed by atoms with Crippen molar-refractivity contribution >= 4 is 46.0 Å². The van der Waals surface area contributed by atoms with Gasteiger partial charge in [0.25, 0.3) is 5.91 Å².